The molecule has 0 saturated heterocycles. The number of allylic oxidation sites excluding steroid dienone is 5. The molecule has 270 valence electrons. The van der Waals surface area contributed by atoms with Gasteiger partial charge in [0, 0.05) is 6.42 Å². The number of carbonyl (C=O) groups is 1. The number of carbonyl (C=O) groups excluding carboxylic acids is 1. The lowest BCUT2D eigenvalue weighted by atomic mass is 10.0. The second-order valence-electron chi connectivity index (χ2n) is 13.3. The molecule has 6 heteroatoms. The Labute approximate surface area is 284 Å². The Hall–Kier alpha value is -1.47. The second kappa shape index (κ2) is 34.9. The fourth-order valence-electron chi connectivity index (χ4n) is 5.68. The van der Waals surface area contributed by atoms with Crippen LogP contribution in [0.4, 0.5) is 0 Å². The maximum Gasteiger partial charge on any atom is 0.249 e. The second-order valence-corrected chi connectivity index (χ2v) is 13.3. The van der Waals surface area contributed by atoms with Crippen molar-refractivity contribution in [1.29, 1.82) is 0 Å². The molecule has 0 aliphatic rings. The normalized spacial score (nSPS) is 14.8. The van der Waals surface area contributed by atoms with E-state index in [2.05, 4.69) is 43.5 Å². The molecule has 0 rings (SSSR count). The summed E-state index contributed by atoms with van der Waals surface area (Å²) in [6, 6.07) is -1.03. The van der Waals surface area contributed by atoms with Gasteiger partial charge in [0.15, 0.2) is 0 Å². The standard InChI is InChI=1S/C40H75NO5/c1-3-5-7-9-11-13-15-17-18-19-20-21-22-24-25-27-29-31-33-37(43)39(45)36(35-42)41-40(46)38(44)34-32-30-28-26-23-16-14-12-10-8-6-4-2/h23,25-27,30,32,36-39,42-45H,3-22,24,28-29,31,33-35H2,1-2H3,(H,41,46)/b26-23-,27-25+,32-30-. The minimum absolute atomic E-state index is 0.152. The first-order valence-corrected chi connectivity index (χ1v) is 19.4. The van der Waals surface area contributed by atoms with Crippen LogP contribution in [-0.4, -0.2) is 57.3 Å². The van der Waals surface area contributed by atoms with Crippen LogP contribution in [0.5, 0.6) is 0 Å². The zero-order valence-electron chi connectivity index (χ0n) is 30.1. The average Bonchev–Trinajstić information content (AvgIpc) is 3.06. The average molecular weight is 650 g/mol. The van der Waals surface area contributed by atoms with Crippen molar-refractivity contribution in [1.82, 2.24) is 5.32 Å². The predicted octanol–water partition coefficient (Wildman–Crippen LogP) is 9.40. The summed E-state index contributed by atoms with van der Waals surface area (Å²) in [6.45, 7) is 3.98. The van der Waals surface area contributed by atoms with Crippen molar-refractivity contribution in [2.45, 2.75) is 205 Å². The molecule has 46 heavy (non-hydrogen) atoms. The zero-order chi connectivity index (χ0) is 33.9. The summed E-state index contributed by atoms with van der Waals surface area (Å²) in [4.78, 5) is 12.4. The smallest absolute Gasteiger partial charge is 0.249 e. The monoisotopic (exact) mass is 650 g/mol. The zero-order valence-corrected chi connectivity index (χ0v) is 30.1. The molecule has 0 bridgehead atoms. The number of amides is 1. The fourth-order valence-corrected chi connectivity index (χ4v) is 5.68. The van der Waals surface area contributed by atoms with E-state index in [4.69, 9.17) is 0 Å². The number of nitrogens with one attached hydrogen (secondary N) is 1. The highest BCUT2D eigenvalue weighted by Gasteiger charge is 2.28. The van der Waals surface area contributed by atoms with E-state index >= 15 is 0 Å². The van der Waals surface area contributed by atoms with Crippen LogP contribution < -0.4 is 5.32 Å². The maximum atomic E-state index is 12.4. The van der Waals surface area contributed by atoms with E-state index in [0.717, 1.165) is 25.7 Å². The van der Waals surface area contributed by atoms with Crippen LogP contribution in [0.15, 0.2) is 36.5 Å². The molecule has 0 aliphatic carbocycles. The van der Waals surface area contributed by atoms with Gasteiger partial charge >= 0.3 is 0 Å². The van der Waals surface area contributed by atoms with E-state index in [0.29, 0.717) is 12.8 Å². The van der Waals surface area contributed by atoms with Gasteiger partial charge in [-0.3, -0.25) is 4.79 Å². The molecule has 0 fully saturated rings. The van der Waals surface area contributed by atoms with Crippen molar-refractivity contribution >= 4 is 5.91 Å². The molecule has 0 aromatic rings. The van der Waals surface area contributed by atoms with Crippen molar-refractivity contribution < 1.29 is 25.2 Å². The fraction of sp³-hybridized carbons (Fsp3) is 0.825. The summed E-state index contributed by atoms with van der Waals surface area (Å²) < 4.78 is 0. The molecule has 0 saturated carbocycles. The Morgan fingerprint density at radius 1 is 0.565 bits per heavy atom. The Morgan fingerprint density at radius 2 is 0.978 bits per heavy atom. The summed E-state index contributed by atoms with van der Waals surface area (Å²) in [5.41, 5.74) is 0. The number of unbranched alkanes of at least 4 members (excludes halogenated alkanes) is 20. The summed E-state index contributed by atoms with van der Waals surface area (Å²) in [5.74, 6) is -0.662. The highest BCUT2D eigenvalue weighted by Crippen LogP contribution is 2.14. The van der Waals surface area contributed by atoms with E-state index in [1.54, 1.807) is 6.08 Å². The number of hydrogen-bond donors (Lipinski definition) is 5. The lowest BCUT2D eigenvalue weighted by molar-refractivity contribution is -0.132. The largest absolute Gasteiger partial charge is 0.394 e. The van der Waals surface area contributed by atoms with Crippen LogP contribution in [0.2, 0.25) is 0 Å². The van der Waals surface area contributed by atoms with Crippen molar-refractivity contribution in [2.24, 2.45) is 0 Å². The minimum Gasteiger partial charge on any atom is -0.394 e. The van der Waals surface area contributed by atoms with Crippen LogP contribution in [0.25, 0.3) is 0 Å². The Bertz CT molecular complexity index is 737. The Morgan fingerprint density at radius 3 is 1.46 bits per heavy atom. The highest BCUT2D eigenvalue weighted by molar-refractivity contribution is 5.81. The number of aliphatic hydroxyl groups is 4. The van der Waals surface area contributed by atoms with Gasteiger partial charge in [0.25, 0.3) is 0 Å². The first-order valence-electron chi connectivity index (χ1n) is 19.4. The molecular weight excluding hydrogens is 574 g/mol. The predicted molar refractivity (Wildman–Crippen MR) is 196 cm³/mol. The third kappa shape index (κ3) is 28.7. The number of hydrogen-bond acceptors (Lipinski definition) is 5. The van der Waals surface area contributed by atoms with Gasteiger partial charge in [0.2, 0.25) is 5.91 Å². The molecule has 6 nitrogen and oxygen atoms in total. The van der Waals surface area contributed by atoms with Gasteiger partial charge in [-0.05, 0) is 51.4 Å². The summed E-state index contributed by atoms with van der Waals surface area (Å²) in [5, 5.41) is 43.3. The van der Waals surface area contributed by atoms with Crippen molar-refractivity contribution in [3.63, 3.8) is 0 Å². The quantitative estimate of drug-likeness (QED) is 0.0352. The van der Waals surface area contributed by atoms with Gasteiger partial charge in [0.05, 0.1) is 18.8 Å². The van der Waals surface area contributed by atoms with Gasteiger partial charge in [-0.1, -0.05) is 159 Å². The van der Waals surface area contributed by atoms with E-state index in [1.165, 1.54) is 122 Å². The molecule has 0 radical (unpaired) electrons. The van der Waals surface area contributed by atoms with Crippen LogP contribution >= 0.6 is 0 Å². The van der Waals surface area contributed by atoms with Gasteiger partial charge in [-0.2, -0.15) is 0 Å². The van der Waals surface area contributed by atoms with E-state index in [9.17, 15) is 25.2 Å². The molecule has 0 heterocycles. The molecule has 4 atom stereocenters. The minimum atomic E-state index is -1.30. The third-order valence-electron chi connectivity index (χ3n) is 8.83. The highest BCUT2D eigenvalue weighted by atomic mass is 16.3. The van der Waals surface area contributed by atoms with Crippen LogP contribution in [0.1, 0.15) is 181 Å². The summed E-state index contributed by atoms with van der Waals surface area (Å²) in [7, 11) is 0. The van der Waals surface area contributed by atoms with Crippen molar-refractivity contribution in [2.75, 3.05) is 6.61 Å². The summed E-state index contributed by atoms with van der Waals surface area (Å²) >= 11 is 0. The summed E-state index contributed by atoms with van der Waals surface area (Å²) in [6.07, 6.45) is 39.0. The SMILES string of the molecule is CCCCCCCC/C=C\C/C=C\CC(O)C(=O)NC(CO)C(O)C(O)CCC/C=C/CCCCCCCCCCCCCCC. The topological polar surface area (TPSA) is 110 Å². The molecule has 4 unspecified atom stereocenters. The first-order chi connectivity index (χ1) is 22.5. The lowest BCUT2D eigenvalue weighted by Crippen LogP contribution is -2.52. The number of aliphatic hydroxyl groups excluding tert-OH is 4. The van der Waals surface area contributed by atoms with Crippen molar-refractivity contribution in [3.8, 4) is 0 Å². The van der Waals surface area contributed by atoms with E-state index < -0.39 is 36.9 Å². The van der Waals surface area contributed by atoms with Crippen LogP contribution in [-0.2, 0) is 4.79 Å². The van der Waals surface area contributed by atoms with E-state index in [-0.39, 0.29) is 6.42 Å². The Balaban J connectivity index is 3.90. The van der Waals surface area contributed by atoms with Gasteiger partial charge < -0.3 is 25.7 Å². The van der Waals surface area contributed by atoms with Crippen LogP contribution in [0, 0.1) is 0 Å². The van der Waals surface area contributed by atoms with Gasteiger partial charge in [-0.25, -0.2) is 0 Å². The molecule has 0 aliphatic heterocycles. The first kappa shape index (κ1) is 44.5. The molecule has 1 amide bonds. The molecular formula is C40H75NO5. The Kier molecular flexibility index (Phi) is 33.7. The number of rotatable bonds is 34. The van der Waals surface area contributed by atoms with Crippen LogP contribution in [0.3, 0.4) is 0 Å². The van der Waals surface area contributed by atoms with Gasteiger partial charge in [-0.15, -0.1) is 0 Å². The van der Waals surface area contributed by atoms with Gasteiger partial charge in [0.1, 0.15) is 12.2 Å². The molecule has 5 N–H and O–H groups in total. The molecule has 0 aromatic carbocycles. The molecule has 0 aromatic heterocycles. The van der Waals surface area contributed by atoms with E-state index in [1.807, 2.05) is 6.08 Å². The molecule has 0 spiro atoms. The maximum absolute atomic E-state index is 12.4. The third-order valence-corrected chi connectivity index (χ3v) is 8.83. The van der Waals surface area contributed by atoms with Crippen molar-refractivity contribution in [3.05, 3.63) is 36.5 Å². The lowest BCUT2D eigenvalue weighted by Gasteiger charge is -2.27.